The summed E-state index contributed by atoms with van der Waals surface area (Å²) in [5.74, 6) is -0.240. The van der Waals surface area contributed by atoms with Crippen molar-refractivity contribution in [3.63, 3.8) is 0 Å². The molecule has 0 saturated carbocycles. The number of piperazine rings is 1. The van der Waals surface area contributed by atoms with Crippen LogP contribution in [0.3, 0.4) is 0 Å². The van der Waals surface area contributed by atoms with Gasteiger partial charge in [0.15, 0.2) is 0 Å². The van der Waals surface area contributed by atoms with Crippen LogP contribution in [-0.4, -0.2) is 53.7 Å². The van der Waals surface area contributed by atoms with Crippen LogP contribution in [0.2, 0.25) is 0 Å². The van der Waals surface area contributed by atoms with E-state index in [2.05, 4.69) is 5.32 Å². The smallest absolute Gasteiger partial charge is 0.265 e. The van der Waals surface area contributed by atoms with Gasteiger partial charge < -0.3 is 15.1 Å². The van der Waals surface area contributed by atoms with Gasteiger partial charge in [0.05, 0.1) is 4.88 Å². The van der Waals surface area contributed by atoms with E-state index in [1.807, 2.05) is 11.4 Å². The van der Waals surface area contributed by atoms with Crippen LogP contribution in [0, 0.1) is 0 Å². The standard InChI is InChI=1S/C18H19N3O3S/c1-13(22)20-7-9-21(10-8-20)18(24)14-4-2-5-15(12-14)19-17(23)16-6-3-11-25-16/h2-6,11-12H,7-10H2,1H3,(H,19,23). The molecule has 1 aromatic carbocycles. The highest BCUT2D eigenvalue weighted by Crippen LogP contribution is 2.17. The first-order valence-electron chi connectivity index (χ1n) is 8.04. The first kappa shape index (κ1) is 17.2. The number of amides is 3. The summed E-state index contributed by atoms with van der Waals surface area (Å²) in [5, 5.41) is 4.66. The maximum atomic E-state index is 12.7. The lowest BCUT2D eigenvalue weighted by molar-refractivity contribution is -0.130. The summed E-state index contributed by atoms with van der Waals surface area (Å²) < 4.78 is 0. The van der Waals surface area contributed by atoms with E-state index >= 15 is 0 Å². The van der Waals surface area contributed by atoms with Gasteiger partial charge in [0, 0.05) is 44.4 Å². The number of nitrogens with zero attached hydrogens (tertiary/aromatic N) is 2. The van der Waals surface area contributed by atoms with Gasteiger partial charge in [0.1, 0.15) is 0 Å². The van der Waals surface area contributed by atoms with Crippen LogP contribution in [0.1, 0.15) is 27.0 Å². The van der Waals surface area contributed by atoms with Crippen molar-refractivity contribution in [2.75, 3.05) is 31.5 Å². The predicted octanol–water partition coefficient (Wildman–Crippen LogP) is 2.30. The SMILES string of the molecule is CC(=O)N1CCN(C(=O)c2cccc(NC(=O)c3cccs3)c2)CC1. The third-order valence-electron chi connectivity index (χ3n) is 4.12. The third-order valence-corrected chi connectivity index (χ3v) is 4.99. The minimum absolute atomic E-state index is 0.0328. The van der Waals surface area contributed by atoms with E-state index in [1.54, 1.807) is 40.1 Å². The lowest BCUT2D eigenvalue weighted by atomic mass is 10.1. The van der Waals surface area contributed by atoms with Gasteiger partial charge in [-0.1, -0.05) is 12.1 Å². The number of rotatable bonds is 3. The molecule has 0 atom stereocenters. The molecule has 3 rings (SSSR count). The number of carbonyl (C=O) groups is 3. The van der Waals surface area contributed by atoms with E-state index in [9.17, 15) is 14.4 Å². The van der Waals surface area contributed by atoms with Crippen molar-refractivity contribution < 1.29 is 14.4 Å². The number of carbonyl (C=O) groups excluding carboxylic acids is 3. The van der Waals surface area contributed by atoms with Crippen LogP contribution in [0.4, 0.5) is 5.69 Å². The van der Waals surface area contributed by atoms with Crippen molar-refractivity contribution in [2.45, 2.75) is 6.92 Å². The van der Waals surface area contributed by atoms with Crippen molar-refractivity contribution >= 4 is 34.7 Å². The zero-order chi connectivity index (χ0) is 17.8. The molecule has 2 aromatic rings. The van der Waals surface area contributed by atoms with E-state index in [1.165, 1.54) is 18.3 Å². The summed E-state index contributed by atoms with van der Waals surface area (Å²) in [7, 11) is 0. The molecule has 1 aliphatic heterocycles. The summed E-state index contributed by atoms with van der Waals surface area (Å²) in [6.07, 6.45) is 0. The summed E-state index contributed by atoms with van der Waals surface area (Å²) >= 11 is 1.37. The Bertz CT molecular complexity index is 781. The zero-order valence-electron chi connectivity index (χ0n) is 13.9. The lowest BCUT2D eigenvalue weighted by Crippen LogP contribution is -2.50. The van der Waals surface area contributed by atoms with E-state index in [0.29, 0.717) is 42.3 Å². The molecular weight excluding hydrogens is 338 g/mol. The molecule has 130 valence electrons. The van der Waals surface area contributed by atoms with Gasteiger partial charge in [-0.2, -0.15) is 0 Å². The summed E-state index contributed by atoms with van der Waals surface area (Å²) in [4.78, 5) is 40.2. The predicted molar refractivity (Wildman–Crippen MR) is 96.9 cm³/mol. The van der Waals surface area contributed by atoms with Crippen molar-refractivity contribution in [3.05, 3.63) is 52.2 Å². The Morgan fingerprint density at radius 3 is 2.36 bits per heavy atom. The number of thiophene rings is 1. The molecule has 6 nitrogen and oxygen atoms in total. The van der Waals surface area contributed by atoms with Crippen molar-refractivity contribution in [2.24, 2.45) is 0 Å². The van der Waals surface area contributed by atoms with Gasteiger partial charge in [-0.3, -0.25) is 14.4 Å². The molecule has 1 aliphatic rings. The molecule has 1 aromatic heterocycles. The van der Waals surface area contributed by atoms with Crippen molar-refractivity contribution in [3.8, 4) is 0 Å². The van der Waals surface area contributed by atoms with Crippen LogP contribution in [-0.2, 0) is 4.79 Å². The summed E-state index contributed by atoms with van der Waals surface area (Å²) in [6.45, 7) is 3.68. The van der Waals surface area contributed by atoms with Crippen LogP contribution in [0.15, 0.2) is 41.8 Å². The van der Waals surface area contributed by atoms with E-state index < -0.39 is 0 Å². The average Bonchev–Trinajstić information content (AvgIpc) is 3.16. The number of nitrogens with one attached hydrogen (secondary N) is 1. The van der Waals surface area contributed by atoms with E-state index in [-0.39, 0.29) is 17.7 Å². The molecule has 0 spiro atoms. The molecule has 0 bridgehead atoms. The second kappa shape index (κ2) is 7.48. The monoisotopic (exact) mass is 357 g/mol. The van der Waals surface area contributed by atoms with Gasteiger partial charge >= 0.3 is 0 Å². The van der Waals surface area contributed by atoms with Gasteiger partial charge in [-0.15, -0.1) is 11.3 Å². The summed E-state index contributed by atoms with van der Waals surface area (Å²) in [5.41, 5.74) is 1.12. The van der Waals surface area contributed by atoms with Gasteiger partial charge in [-0.05, 0) is 29.6 Å². The van der Waals surface area contributed by atoms with Gasteiger partial charge in [0.25, 0.3) is 11.8 Å². The Kier molecular flexibility index (Phi) is 5.14. The number of anilines is 1. The molecule has 1 saturated heterocycles. The number of hydrogen-bond donors (Lipinski definition) is 1. The fourth-order valence-electron chi connectivity index (χ4n) is 2.74. The molecule has 25 heavy (non-hydrogen) atoms. The highest BCUT2D eigenvalue weighted by atomic mass is 32.1. The molecule has 3 amide bonds. The molecular formula is C18H19N3O3S. The van der Waals surface area contributed by atoms with E-state index in [0.717, 1.165) is 0 Å². The van der Waals surface area contributed by atoms with Crippen molar-refractivity contribution in [1.29, 1.82) is 0 Å². The Labute approximate surface area is 150 Å². The quantitative estimate of drug-likeness (QED) is 0.916. The minimum atomic E-state index is -0.185. The van der Waals surface area contributed by atoms with Gasteiger partial charge in [-0.25, -0.2) is 0 Å². The topological polar surface area (TPSA) is 69.7 Å². The molecule has 1 N–H and O–H groups in total. The van der Waals surface area contributed by atoms with Crippen LogP contribution >= 0.6 is 11.3 Å². The zero-order valence-corrected chi connectivity index (χ0v) is 14.7. The molecule has 0 unspecified atom stereocenters. The van der Waals surface area contributed by atoms with E-state index in [4.69, 9.17) is 0 Å². The normalized spacial score (nSPS) is 14.3. The first-order valence-corrected chi connectivity index (χ1v) is 8.92. The molecule has 0 radical (unpaired) electrons. The number of benzene rings is 1. The first-order chi connectivity index (χ1) is 12.0. The summed E-state index contributed by atoms with van der Waals surface area (Å²) in [6, 6.07) is 10.5. The largest absolute Gasteiger partial charge is 0.339 e. The third kappa shape index (κ3) is 4.06. The highest BCUT2D eigenvalue weighted by molar-refractivity contribution is 7.12. The molecule has 2 heterocycles. The lowest BCUT2D eigenvalue weighted by Gasteiger charge is -2.34. The molecule has 7 heteroatoms. The molecule has 1 fully saturated rings. The van der Waals surface area contributed by atoms with Gasteiger partial charge in [0.2, 0.25) is 5.91 Å². The Morgan fingerprint density at radius 1 is 1.00 bits per heavy atom. The van der Waals surface area contributed by atoms with Crippen LogP contribution in [0.25, 0.3) is 0 Å². The molecule has 0 aliphatic carbocycles. The Balaban J connectivity index is 1.66. The minimum Gasteiger partial charge on any atom is -0.339 e. The highest BCUT2D eigenvalue weighted by Gasteiger charge is 2.23. The fourth-order valence-corrected chi connectivity index (χ4v) is 3.36. The van der Waals surface area contributed by atoms with Crippen LogP contribution < -0.4 is 5.32 Å². The second-order valence-corrected chi connectivity index (χ2v) is 6.76. The maximum absolute atomic E-state index is 12.7. The average molecular weight is 357 g/mol. The van der Waals surface area contributed by atoms with Crippen molar-refractivity contribution in [1.82, 2.24) is 9.80 Å². The Hall–Kier alpha value is -2.67. The number of hydrogen-bond acceptors (Lipinski definition) is 4. The Morgan fingerprint density at radius 2 is 1.72 bits per heavy atom. The fraction of sp³-hybridized carbons (Fsp3) is 0.278. The van der Waals surface area contributed by atoms with Crippen LogP contribution in [0.5, 0.6) is 0 Å². The second-order valence-electron chi connectivity index (χ2n) is 5.81. The maximum Gasteiger partial charge on any atom is 0.265 e.